The number of carbonyl (C=O) groups excluding carboxylic acids is 2. The average Bonchev–Trinajstić information content (AvgIpc) is 2.40. The topological polar surface area (TPSA) is 55.4 Å². The van der Waals surface area contributed by atoms with Gasteiger partial charge in [0.25, 0.3) is 0 Å². The van der Waals surface area contributed by atoms with E-state index in [0.717, 1.165) is 12.1 Å². The fourth-order valence-corrected chi connectivity index (χ4v) is 1.91. The number of halogens is 2. The van der Waals surface area contributed by atoms with Crippen molar-refractivity contribution in [1.82, 2.24) is 5.32 Å². The lowest BCUT2D eigenvalue weighted by molar-refractivity contribution is -0.145. The highest BCUT2D eigenvalue weighted by Crippen LogP contribution is 2.10. The van der Waals surface area contributed by atoms with Crippen molar-refractivity contribution in [3.05, 3.63) is 35.4 Å². The number of benzene rings is 1. The summed E-state index contributed by atoms with van der Waals surface area (Å²) in [5.41, 5.74) is 0.333. The largest absolute Gasteiger partial charge is 0.467 e. The van der Waals surface area contributed by atoms with E-state index < -0.39 is 29.6 Å². The summed E-state index contributed by atoms with van der Waals surface area (Å²) in [6.45, 7) is 3.83. The van der Waals surface area contributed by atoms with E-state index in [0.29, 0.717) is 12.0 Å². The van der Waals surface area contributed by atoms with Crippen LogP contribution in [0.25, 0.3) is 0 Å². The molecule has 1 atom stereocenters. The number of hydrogen-bond acceptors (Lipinski definition) is 3. The lowest BCUT2D eigenvalue weighted by atomic mass is 10.0. The second-order valence-corrected chi connectivity index (χ2v) is 5.20. The number of amides is 1. The smallest absolute Gasteiger partial charge is 0.328 e. The first kappa shape index (κ1) is 17.1. The lowest BCUT2D eigenvalue weighted by Gasteiger charge is -2.18. The number of carbonyl (C=O) groups is 2. The lowest BCUT2D eigenvalue weighted by Crippen LogP contribution is -2.43. The standard InChI is InChI=1S/C15H19F2NO3/c1-9(2)6-13(15(20)21-3)18-14(19)8-10-4-5-11(16)12(17)7-10/h4-5,7,9,13H,6,8H2,1-3H3,(H,18,19)/t13-/m1/s1. The summed E-state index contributed by atoms with van der Waals surface area (Å²) in [6, 6.07) is 2.51. The summed E-state index contributed by atoms with van der Waals surface area (Å²) in [5, 5.41) is 2.55. The number of esters is 1. The van der Waals surface area contributed by atoms with E-state index in [1.54, 1.807) is 0 Å². The molecule has 0 aliphatic carbocycles. The van der Waals surface area contributed by atoms with Gasteiger partial charge in [-0.25, -0.2) is 13.6 Å². The van der Waals surface area contributed by atoms with Crippen LogP contribution in [0.2, 0.25) is 0 Å². The Hall–Kier alpha value is -1.98. The predicted octanol–water partition coefficient (Wildman–Crippen LogP) is 2.21. The van der Waals surface area contributed by atoms with Gasteiger partial charge in [0.15, 0.2) is 11.6 Å². The minimum absolute atomic E-state index is 0.136. The summed E-state index contributed by atoms with van der Waals surface area (Å²) in [7, 11) is 1.25. The van der Waals surface area contributed by atoms with Gasteiger partial charge in [-0.3, -0.25) is 4.79 Å². The van der Waals surface area contributed by atoms with E-state index in [4.69, 9.17) is 0 Å². The maximum atomic E-state index is 13.1. The highest BCUT2D eigenvalue weighted by molar-refractivity contribution is 5.85. The zero-order chi connectivity index (χ0) is 16.0. The van der Waals surface area contributed by atoms with Gasteiger partial charge >= 0.3 is 5.97 Å². The maximum Gasteiger partial charge on any atom is 0.328 e. The van der Waals surface area contributed by atoms with Gasteiger partial charge in [0.1, 0.15) is 6.04 Å². The van der Waals surface area contributed by atoms with Crippen LogP contribution in [0.3, 0.4) is 0 Å². The van der Waals surface area contributed by atoms with E-state index in [2.05, 4.69) is 10.1 Å². The molecule has 0 aromatic heterocycles. The summed E-state index contributed by atoms with van der Waals surface area (Å²) in [6.07, 6.45) is 0.305. The van der Waals surface area contributed by atoms with Gasteiger partial charge < -0.3 is 10.1 Å². The minimum atomic E-state index is -1.01. The number of rotatable bonds is 6. The van der Waals surface area contributed by atoms with Crippen LogP contribution in [-0.2, 0) is 20.7 Å². The molecule has 0 bridgehead atoms. The van der Waals surface area contributed by atoms with Gasteiger partial charge in [-0.1, -0.05) is 19.9 Å². The molecule has 116 valence electrons. The first-order chi connectivity index (χ1) is 9.83. The fourth-order valence-electron chi connectivity index (χ4n) is 1.91. The van der Waals surface area contributed by atoms with Crippen LogP contribution in [0, 0.1) is 17.6 Å². The molecule has 1 aromatic rings. The molecule has 0 spiro atoms. The molecule has 1 amide bonds. The third-order valence-electron chi connectivity index (χ3n) is 2.88. The quantitative estimate of drug-likeness (QED) is 0.819. The van der Waals surface area contributed by atoms with Gasteiger partial charge in [0.05, 0.1) is 13.5 Å². The summed E-state index contributed by atoms with van der Waals surface area (Å²) >= 11 is 0. The summed E-state index contributed by atoms with van der Waals surface area (Å²) in [5.74, 6) is -2.75. The van der Waals surface area contributed by atoms with Crippen LogP contribution in [0.4, 0.5) is 8.78 Å². The molecular weight excluding hydrogens is 280 g/mol. The van der Waals surface area contributed by atoms with Crippen molar-refractivity contribution in [1.29, 1.82) is 0 Å². The van der Waals surface area contributed by atoms with Crippen molar-refractivity contribution in [2.45, 2.75) is 32.7 Å². The molecule has 0 fully saturated rings. The molecule has 1 rings (SSSR count). The second kappa shape index (κ2) is 7.71. The van der Waals surface area contributed by atoms with Gasteiger partial charge in [0, 0.05) is 0 Å². The monoisotopic (exact) mass is 299 g/mol. The third-order valence-corrected chi connectivity index (χ3v) is 2.88. The molecule has 0 aliphatic heterocycles. The Morgan fingerprint density at radius 2 is 1.90 bits per heavy atom. The van der Waals surface area contributed by atoms with Crippen LogP contribution in [-0.4, -0.2) is 25.0 Å². The zero-order valence-corrected chi connectivity index (χ0v) is 12.3. The van der Waals surface area contributed by atoms with Gasteiger partial charge in [-0.05, 0) is 30.0 Å². The molecule has 0 heterocycles. The molecule has 4 nitrogen and oxygen atoms in total. The van der Waals surface area contributed by atoms with E-state index in [1.807, 2.05) is 13.8 Å². The molecule has 0 radical (unpaired) electrons. The molecular formula is C15H19F2NO3. The van der Waals surface area contributed by atoms with Crippen molar-refractivity contribution < 1.29 is 23.1 Å². The van der Waals surface area contributed by atoms with Gasteiger partial charge in [-0.15, -0.1) is 0 Å². The van der Waals surface area contributed by atoms with Crippen molar-refractivity contribution >= 4 is 11.9 Å². The van der Waals surface area contributed by atoms with Gasteiger partial charge in [-0.2, -0.15) is 0 Å². The first-order valence-corrected chi connectivity index (χ1v) is 6.64. The molecule has 0 aliphatic rings. The molecule has 1 aromatic carbocycles. The number of hydrogen-bond donors (Lipinski definition) is 1. The fraction of sp³-hybridized carbons (Fsp3) is 0.467. The van der Waals surface area contributed by atoms with E-state index in [1.165, 1.54) is 13.2 Å². The van der Waals surface area contributed by atoms with Crippen molar-refractivity contribution in [2.75, 3.05) is 7.11 Å². The van der Waals surface area contributed by atoms with Gasteiger partial charge in [0.2, 0.25) is 5.91 Å². The first-order valence-electron chi connectivity index (χ1n) is 6.64. The molecule has 21 heavy (non-hydrogen) atoms. The van der Waals surface area contributed by atoms with Crippen LogP contribution in [0.1, 0.15) is 25.8 Å². The highest BCUT2D eigenvalue weighted by Gasteiger charge is 2.22. The molecule has 1 N–H and O–H groups in total. The Morgan fingerprint density at radius 1 is 1.24 bits per heavy atom. The van der Waals surface area contributed by atoms with Crippen LogP contribution < -0.4 is 5.32 Å². The van der Waals surface area contributed by atoms with Crippen LogP contribution in [0.5, 0.6) is 0 Å². The van der Waals surface area contributed by atoms with Crippen molar-refractivity contribution in [2.24, 2.45) is 5.92 Å². The molecule has 6 heteroatoms. The molecule has 0 saturated heterocycles. The summed E-state index contributed by atoms with van der Waals surface area (Å²) in [4.78, 5) is 23.5. The number of methoxy groups -OCH3 is 1. The third kappa shape index (κ3) is 5.49. The molecule has 0 unspecified atom stereocenters. The van der Waals surface area contributed by atoms with Crippen molar-refractivity contribution in [3.63, 3.8) is 0 Å². The Morgan fingerprint density at radius 3 is 2.43 bits per heavy atom. The highest BCUT2D eigenvalue weighted by atomic mass is 19.2. The zero-order valence-electron chi connectivity index (χ0n) is 12.3. The minimum Gasteiger partial charge on any atom is -0.467 e. The Bertz CT molecular complexity index is 518. The van der Waals surface area contributed by atoms with Crippen LogP contribution in [0.15, 0.2) is 18.2 Å². The Balaban J connectivity index is 2.68. The van der Waals surface area contributed by atoms with E-state index in [9.17, 15) is 18.4 Å². The Labute approximate surface area is 122 Å². The maximum absolute atomic E-state index is 13.1. The predicted molar refractivity (Wildman–Crippen MR) is 73.5 cm³/mol. The normalized spacial score (nSPS) is 12.1. The summed E-state index contributed by atoms with van der Waals surface area (Å²) < 4.78 is 30.5. The van der Waals surface area contributed by atoms with E-state index >= 15 is 0 Å². The number of ether oxygens (including phenoxy) is 1. The van der Waals surface area contributed by atoms with Crippen LogP contribution >= 0.6 is 0 Å². The average molecular weight is 299 g/mol. The molecule has 0 saturated carbocycles. The van der Waals surface area contributed by atoms with Crippen molar-refractivity contribution in [3.8, 4) is 0 Å². The SMILES string of the molecule is COC(=O)[C@@H](CC(C)C)NC(=O)Cc1ccc(F)c(F)c1. The van der Waals surface area contributed by atoms with E-state index in [-0.39, 0.29) is 12.3 Å². The number of nitrogens with one attached hydrogen (secondary N) is 1. The Kier molecular flexibility index (Phi) is 6.27. The second-order valence-electron chi connectivity index (χ2n) is 5.20.